The molecule has 2 amide bonds. The number of fused-ring (bicyclic) bond motifs is 2. The van der Waals surface area contributed by atoms with E-state index in [1.165, 1.54) is 11.0 Å². The van der Waals surface area contributed by atoms with Crippen molar-refractivity contribution in [1.82, 2.24) is 9.62 Å². The van der Waals surface area contributed by atoms with Gasteiger partial charge in [-0.3, -0.25) is 9.59 Å². The number of anilines is 1. The summed E-state index contributed by atoms with van der Waals surface area (Å²) >= 11 is 5.89. The summed E-state index contributed by atoms with van der Waals surface area (Å²) in [4.78, 5) is 26.3. The normalized spacial score (nSPS) is 24.5. The molecule has 9 heteroatoms. The van der Waals surface area contributed by atoms with E-state index in [1.807, 2.05) is 0 Å². The van der Waals surface area contributed by atoms with Gasteiger partial charge in [0.15, 0.2) is 0 Å². The molecule has 0 radical (unpaired) electrons. The van der Waals surface area contributed by atoms with Crippen LogP contribution in [-0.2, 0) is 14.8 Å². The summed E-state index contributed by atoms with van der Waals surface area (Å²) in [7, 11) is -3.40. The average molecular weight is 344 g/mol. The monoisotopic (exact) mass is 343 g/mol. The van der Waals surface area contributed by atoms with E-state index < -0.39 is 22.1 Å². The van der Waals surface area contributed by atoms with Crippen molar-refractivity contribution >= 4 is 39.1 Å². The van der Waals surface area contributed by atoms with Crippen molar-refractivity contribution in [2.45, 2.75) is 18.5 Å². The fourth-order valence-electron chi connectivity index (χ4n) is 2.87. The highest BCUT2D eigenvalue weighted by molar-refractivity contribution is 7.88. The van der Waals surface area contributed by atoms with Gasteiger partial charge in [0.05, 0.1) is 17.5 Å². The van der Waals surface area contributed by atoms with Crippen LogP contribution in [-0.4, -0.2) is 50.0 Å². The Balaban J connectivity index is 1.93. The van der Waals surface area contributed by atoms with Gasteiger partial charge in [-0.25, -0.2) is 13.1 Å². The van der Waals surface area contributed by atoms with Gasteiger partial charge in [0.1, 0.15) is 6.04 Å². The van der Waals surface area contributed by atoms with E-state index in [-0.39, 0.29) is 24.8 Å². The fraction of sp³-hybridized carbons (Fsp3) is 0.385. The Bertz CT molecular complexity index is 765. The van der Waals surface area contributed by atoms with Gasteiger partial charge in [0.25, 0.3) is 5.91 Å². The van der Waals surface area contributed by atoms with Crippen LogP contribution in [0.3, 0.4) is 0 Å². The second-order valence-electron chi connectivity index (χ2n) is 5.48. The predicted octanol–water partition coefficient (Wildman–Crippen LogP) is 0.424. The van der Waals surface area contributed by atoms with Gasteiger partial charge in [-0.2, -0.15) is 0 Å². The second kappa shape index (κ2) is 5.22. The van der Waals surface area contributed by atoms with Crippen molar-refractivity contribution in [3.05, 3.63) is 28.8 Å². The van der Waals surface area contributed by atoms with Crippen LogP contribution in [0.15, 0.2) is 18.2 Å². The molecule has 1 fully saturated rings. The maximum Gasteiger partial charge on any atom is 0.256 e. The van der Waals surface area contributed by atoms with E-state index in [0.29, 0.717) is 16.3 Å². The van der Waals surface area contributed by atoms with Crippen LogP contribution < -0.4 is 10.0 Å². The number of amides is 2. The lowest BCUT2D eigenvalue weighted by atomic mass is 10.1. The zero-order chi connectivity index (χ0) is 16.1. The standard InChI is InChI=1S/C13H14ClN3O4S/c1-22(20,21)16-8-5-11-12(18)15-10-4-7(14)2-3-9(10)13(19)17(11)6-8/h2-4,8,11,16H,5-6H2,1H3,(H,15,18)/t8-,11-/m0/s1. The van der Waals surface area contributed by atoms with Crippen LogP contribution >= 0.6 is 11.6 Å². The maximum atomic E-state index is 12.6. The number of rotatable bonds is 2. The lowest BCUT2D eigenvalue weighted by Crippen LogP contribution is -2.41. The van der Waals surface area contributed by atoms with Gasteiger partial charge in [0, 0.05) is 17.6 Å². The number of hydrogen-bond acceptors (Lipinski definition) is 4. The first-order chi connectivity index (χ1) is 10.2. The smallest absolute Gasteiger partial charge is 0.256 e. The molecule has 118 valence electrons. The molecule has 7 nitrogen and oxygen atoms in total. The summed E-state index contributed by atoms with van der Waals surface area (Å²) in [6.45, 7) is 0.159. The second-order valence-corrected chi connectivity index (χ2v) is 7.69. The first-order valence-electron chi connectivity index (χ1n) is 6.63. The Morgan fingerprint density at radius 2 is 2.09 bits per heavy atom. The molecule has 2 aliphatic heterocycles. The predicted molar refractivity (Wildman–Crippen MR) is 81.3 cm³/mol. The van der Waals surface area contributed by atoms with Crippen LogP contribution in [0.5, 0.6) is 0 Å². The topological polar surface area (TPSA) is 95.6 Å². The molecule has 2 atom stereocenters. The lowest BCUT2D eigenvalue weighted by molar-refractivity contribution is -0.119. The Hall–Kier alpha value is -1.64. The molecule has 1 saturated heterocycles. The van der Waals surface area contributed by atoms with Crippen molar-refractivity contribution < 1.29 is 18.0 Å². The molecule has 0 unspecified atom stereocenters. The molecule has 0 aliphatic carbocycles. The number of sulfonamides is 1. The number of carbonyl (C=O) groups excluding carboxylic acids is 2. The van der Waals surface area contributed by atoms with Crippen LogP contribution in [0.2, 0.25) is 5.02 Å². The SMILES string of the molecule is CS(=O)(=O)N[C@H]1C[C@H]2C(=O)Nc3cc(Cl)ccc3C(=O)N2C1. The largest absolute Gasteiger partial charge is 0.325 e. The van der Waals surface area contributed by atoms with E-state index in [9.17, 15) is 18.0 Å². The first-order valence-corrected chi connectivity index (χ1v) is 8.90. The molecule has 2 aliphatic rings. The van der Waals surface area contributed by atoms with Gasteiger partial charge in [0.2, 0.25) is 15.9 Å². The van der Waals surface area contributed by atoms with Gasteiger partial charge in [-0.1, -0.05) is 11.6 Å². The van der Waals surface area contributed by atoms with Gasteiger partial charge < -0.3 is 10.2 Å². The third kappa shape index (κ3) is 2.81. The third-order valence-electron chi connectivity index (χ3n) is 3.72. The molecule has 2 heterocycles. The minimum atomic E-state index is -3.40. The summed E-state index contributed by atoms with van der Waals surface area (Å²) in [6.07, 6.45) is 1.29. The number of nitrogens with one attached hydrogen (secondary N) is 2. The molecule has 0 spiro atoms. The zero-order valence-electron chi connectivity index (χ0n) is 11.7. The minimum Gasteiger partial charge on any atom is -0.325 e. The van der Waals surface area contributed by atoms with Crippen LogP contribution in [0.1, 0.15) is 16.8 Å². The van der Waals surface area contributed by atoms with E-state index in [1.54, 1.807) is 12.1 Å². The van der Waals surface area contributed by atoms with Gasteiger partial charge in [-0.15, -0.1) is 0 Å². The summed E-state index contributed by atoms with van der Waals surface area (Å²) in [5.41, 5.74) is 0.727. The van der Waals surface area contributed by atoms with Gasteiger partial charge in [-0.05, 0) is 24.6 Å². The van der Waals surface area contributed by atoms with E-state index in [0.717, 1.165) is 6.26 Å². The molecule has 0 saturated carbocycles. The zero-order valence-corrected chi connectivity index (χ0v) is 13.2. The van der Waals surface area contributed by atoms with Gasteiger partial charge >= 0.3 is 0 Å². The van der Waals surface area contributed by atoms with E-state index in [4.69, 9.17) is 11.6 Å². The molecule has 1 aromatic carbocycles. The maximum absolute atomic E-state index is 12.6. The van der Waals surface area contributed by atoms with Crippen LogP contribution in [0, 0.1) is 0 Å². The molecular formula is C13H14ClN3O4S. The highest BCUT2D eigenvalue weighted by atomic mass is 35.5. The van der Waals surface area contributed by atoms with Crippen molar-refractivity contribution in [1.29, 1.82) is 0 Å². The number of benzene rings is 1. The Morgan fingerprint density at radius 1 is 1.36 bits per heavy atom. The Morgan fingerprint density at radius 3 is 2.77 bits per heavy atom. The highest BCUT2D eigenvalue weighted by Crippen LogP contribution is 2.30. The molecule has 1 aromatic rings. The van der Waals surface area contributed by atoms with Crippen molar-refractivity contribution in [2.24, 2.45) is 0 Å². The molecule has 3 rings (SSSR count). The molecule has 0 aromatic heterocycles. The molecule has 22 heavy (non-hydrogen) atoms. The molecule has 0 bridgehead atoms. The minimum absolute atomic E-state index is 0.159. The molecular weight excluding hydrogens is 330 g/mol. The van der Waals surface area contributed by atoms with E-state index >= 15 is 0 Å². The van der Waals surface area contributed by atoms with Crippen molar-refractivity contribution in [3.8, 4) is 0 Å². The van der Waals surface area contributed by atoms with E-state index in [2.05, 4.69) is 10.0 Å². The quantitative estimate of drug-likeness (QED) is 0.813. The van der Waals surface area contributed by atoms with Crippen molar-refractivity contribution in [3.63, 3.8) is 0 Å². The lowest BCUT2D eigenvalue weighted by Gasteiger charge is -2.20. The number of carbonyl (C=O) groups is 2. The Kier molecular flexibility index (Phi) is 3.62. The fourth-order valence-corrected chi connectivity index (χ4v) is 3.82. The van der Waals surface area contributed by atoms with Crippen molar-refractivity contribution in [2.75, 3.05) is 18.1 Å². The highest BCUT2D eigenvalue weighted by Gasteiger charge is 2.43. The number of hydrogen-bond donors (Lipinski definition) is 2. The van der Waals surface area contributed by atoms with Crippen LogP contribution in [0.25, 0.3) is 0 Å². The number of halogens is 1. The summed E-state index contributed by atoms with van der Waals surface area (Å²) in [6, 6.07) is 3.50. The summed E-state index contributed by atoms with van der Waals surface area (Å²) in [5, 5.41) is 3.11. The third-order valence-corrected chi connectivity index (χ3v) is 4.71. The number of nitrogens with zero attached hydrogens (tertiary/aromatic N) is 1. The summed E-state index contributed by atoms with van der Waals surface area (Å²) < 4.78 is 25.1. The Labute approximate surface area is 132 Å². The summed E-state index contributed by atoms with van der Waals surface area (Å²) in [5.74, 6) is -0.653. The van der Waals surface area contributed by atoms with Crippen LogP contribution in [0.4, 0.5) is 5.69 Å². The molecule has 2 N–H and O–H groups in total. The average Bonchev–Trinajstić information content (AvgIpc) is 2.76. The first kappa shape index (κ1) is 15.3.